The molecule has 130 valence electrons. The molecule has 0 aliphatic rings. The van der Waals surface area contributed by atoms with Crippen LogP contribution in [0.1, 0.15) is 0 Å². The molecule has 0 saturated heterocycles. The number of pyridine rings is 1. The van der Waals surface area contributed by atoms with E-state index in [1.54, 1.807) is 10.7 Å². The second-order valence-corrected chi connectivity index (χ2v) is 5.85. The summed E-state index contributed by atoms with van der Waals surface area (Å²) in [6.07, 6.45) is 1.72. The van der Waals surface area contributed by atoms with Crippen LogP contribution in [0.25, 0.3) is 16.8 Å². The number of fused-ring (bicyclic) bond motifs is 3. The largest absolute Gasteiger partial charge is 0.423 e. The van der Waals surface area contributed by atoms with E-state index in [4.69, 9.17) is 4.74 Å². The molecule has 0 amide bonds. The Balaban J connectivity index is 1.63. The first-order valence-corrected chi connectivity index (χ1v) is 8.43. The van der Waals surface area contributed by atoms with E-state index in [0.717, 1.165) is 11.1 Å². The van der Waals surface area contributed by atoms with Crippen LogP contribution in [0, 0.1) is 0 Å². The van der Waals surface area contributed by atoms with Crippen molar-refractivity contribution in [2.75, 3.05) is 5.32 Å². The molecule has 0 aliphatic carbocycles. The lowest BCUT2D eigenvalue weighted by atomic mass is 10.3. The van der Waals surface area contributed by atoms with Crippen molar-refractivity contribution in [3.05, 3.63) is 79.0 Å². The number of anilines is 2. The first-order chi connectivity index (χ1) is 13.4. The Labute approximate surface area is 154 Å². The minimum absolute atomic E-state index is 0.220. The third-order valence-corrected chi connectivity index (χ3v) is 4.01. The highest BCUT2D eigenvalue weighted by Crippen LogP contribution is 2.25. The minimum atomic E-state index is 0.220. The van der Waals surface area contributed by atoms with Gasteiger partial charge in [0.25, 0.3) is 5.78 Å². The first-order valence-electron chi connectivity index (χ1n) is 8.43. The molecule has 1 N–H and O–H groups in total. The van der Waals surface area contributed by atoms with Gasteiger partial charge in [0, 0.05) is 11.9 Å². The van der Waals surface area contributed by atoms with Crippen molar-refractivity contribution in [3.63, 3.8) is 0 Å². The Morgan fingerprint density at radius 2 is 1.59 bits per heavy atom. The molecule has 27 heavy (non-hydrogen) atoms. The number of benzene rings is 2. The zero-order chi connectivity index (χ0) is 18.1. The molecule has 3 aromatic heterocycles. The van der Waals surface area contributed by atoms with E-state index < -0.39 is 0 Å². The number of hydrogen-bond donors (Lipinski definition) is 1. The summed E-state index contributed by atoms with van der Waals surface area (Å²) < 4.78 is 7.33. The van der Waals surface area contributed by atoms with Crippen LogP contribution in [0.4, 0.5) is 11.5 Å². The molecule has 0 aliphatic heterocycles. The number of aromatic nitrogens is 5. The molecular formula is C20H14N6O. The van der Waals surface area contributed by atoms with Crippen molar-refractivity contribution in [3.8, 4) is 11.8 Å². The lowest BCUT2D eigenvalue weighted by Crippen LogP contribution is -2.01. The van der Waals surface area contributed by atoms with Gasteiger partial charge in [-0.15, -0.1) is 5.10 Å². The highest BCUT2D eigenvalue weighted by molar-refractivity contribution is 5.90. The topological polar surface area (TPSA) is 77.2 Å². The SMILES string of the molecule is c1ccc(Nc2nc3nc(Oc4ccccc4)nn3c3ncccc23)cc1. The number of hydrogen-bond acceptors (Lipinski definition) is 6. The fourth-order valence-electron chi connectivity index (χ4n) is 2.80. The number of nitrogens with zero attached hydrogens (tertiary/aromatic N) is 5. The molecule has 5 rings (SSSR count). The van der Waals surface area contributed by atoms with Gasteiger partial charge in [-0.25, -0.2) is 4.98 Å². The Kier molecular flexibility index (Phi) is 3.61. The van der Waals surface area contributed by atoms with Crippen molar-refractivity contribution in [2.45, 2.75) is 0 Å². The predicted molar refractivity (Wildman–Crippen MR) is 102 cm³/mol. The van der Waals surface area contributed by atoms with Crippen LogP contribution in [0.2, 0.25) is 0 Å². The van der Waals surface area contributed by atoms with Gasteiger partial charge < -0.3 is 10.1 Å². The Hall–Kier alpha value is -4.00. The van der Waals surface area contributed by atoms with Gasteiger partial charge in [-0.1, -0.05) is 36.4 Å². The lowest BCUT2D eigenvalue weighted by molar-refractivity contribution is 0.443. The summed E-state index contributed by atoms with van der Waals surface area (Å²) in [4.78, 5) is 13.5. The zero-order valence-electron chi connectivity index (χ0n) is 14.1. The van der Waals surface area contributed by atoms with Gasteiger partial charge in [0.2, 0.25) is 0 Å². The smallest absolute Gasteiger partial charge is 0.343 e. The third kappa shape index (κ3) is 2.91. The summed E-state index contributed by atoms with van der Waals surface area (Å²) in [5.74, 6) is 1.73. The normalized spacial score (nSPS) is 11.0. The summed E-state index contributed by atoms with van der Waals surface area (Å²) in [6.45, 7) is 0. The van der Waals surface area contributed by atoms with Crippen molar-refractivity contribution in [1.82, 2.24) is 24.6 Å². The van der Waals surface area contributed by atoms with E-state index in [1.807, 2.05) is 72.8 Å². The number of ether oxygens (including phenoxy) is 1. The van der Waals surface area contributed by atoms with Crippen molar-refractivity contribution in [2.24, 2.45) is 0 Å². The Bertz CT molecular complexity index is 1220. The van der Waals surface area contributed by atoms with E-state index in [9.17, 15) is 0 Å². The second kappa shape index (κ2) is 6.38. The quantitative estimate of drug-likeness (QED) is 0.521. The van der Waals surface area contributed by atoms with Crippen molar-refractivity contribution >= 4 is 28.3 Å². The van der Waals surface area contributed by atoms with Crippen LogP contribution in [-0.4, -0.2) is 24.6 Å². The Morgan fingerprint density at radius 3 is 2.41 bits per heavy atom. The van der Waals surface area contributed by atoms with Crippen molar-refractivity contribution < 1.29 is 4.74 Å². The summed E-state index contributed by atoms with van der Waals surface area (Å²) in [6, 6.07) is 23.3. The molecule has 0 bridgehead atoms. The van der Waals surface area contributed by atoms with Crippen LogP contribution in [0.3, 0.4) is 0 Å². The molecule has 0 unspecified atom stereocenters. The van der Waals surface area contributed by atoms with Gasteiger partial charge in [-0.05, 0) is 36.4 Å². The maximum atomic E-state index is 5.74. The maximum Gasteiger partial charge on any atom is 0.343 e. The summed E-state index contributed by atoms with van der Waals surface area (Å²) in [5.41, 5.74) is 1.58. The monoisotopic (exact) mass is 354 g/mol. The molecule has 0 spiro atoms. The summed E-state index contributed by atoms with van der Waals surface area (Å²) >= 11 is 0. The van der Waals surface area contributed by atoms with Crippen LogP contribution >= 0.6 is 0 Å². The predicted octanol–water partition coefficient (Wildman–Crippen LogP) is 4.21. The molecule has 7 heteroatoms. The number of para-hydroxylation sites is 2. The number of rotatable bonds is 4. The zero-order valence-corrected chi connectivity index (χ0v) is 14.1. The summed E-state index contributed by atoms with van der Waals surface area (Å²) in [5, 5.41) is 8.58. The van der Waals surface area contributed by atoms with E-state index >= 15 is 0 Å². The van der Waals surface area contributed by atoms with E-state index in [1.165, 1.54) is 0 Å². The van der Waals surface area contributed by atoms with E-state index in [0.29, 0.717) is 23.0 Å². The highest BCUT2D eigenvalue weighted by Gasteiger charge is 2.14. The molecular weight excluding hydrogens is 340 g/mol. The average molecular weight is 354 g/mol. The van der Waals surface area contributed by atoms with Crippen molar-refractivity contribution in [1.29, 1.82) is 0 Å². The fraction of sp³-hybridized carbons (Fsp3) is 0. The van der Waals surface area contributed by atoms with Gasteiger partial charge in [-0.3, -0.25) is 0 Å². The highest BCUT2D eigenvalue weighted by atomic mass is 16.5. The molecule has 3 heterocycles. The second-order valence-electron chi connectivity index (χ2n) is 5.85. The van der Waals surface area contributed by atoms with E-state index in [2.05, 4.69) is 25.4 Å². The minimum Gasteiger partial charge on any atom is -0.423 e. The average Bonchev–Trinajstić information content (AvgIpc) is 3.12. The van der Waals surface area contributed by atoms with Crippen LogP contribution in [0.5, 0.6) is 11.8 Å². The molecule has 0 radical (unpaired) electrons. The lowest BCUT2D eigenvalue weighted by Gasteiger charge is -2.08. The fourth-order valence-corrected chi connectivity index (χ4v) is 2.80. The maximum absolute atomic E-state index is 5.74. The molecule has 7 nitrogen and oxygen atoms in total. The molecule has 0 fully saturated rings. The molecule has 5 aromatic rings. The Morgan fingerprint density at radius 1 is 0.815 bits per heavy atom. The van der Waals surface area contributed by atoms with Crippen LogP contribution in [-0.2, 0) is 0 Å². The van der Waals surface area contributed by atoms with Gasteiger partial charge in [0.1, 0.15) is 11.6 Å². The van der Waals surface area contributed by atoms with Gasteiger partial charge in [0.05, 0.1) is 5.39 Å². The summed E-state index contributed by atoms with van der Waals surface area (Å²) in [7, 11) is 0. The molecule has 2 aromatic carbocycles. The van der Waals surface area contributed by atoms with Crippen LogP contribution < -0.4 is 10.1 Å². The molecule has 0 atom stereocenters. The standard InChI is InChI=1S/C20H14N6O/c1-3-8-14(9-4-1)22-17-16-12-7-13-21-18(16)26-19(23-17)24-20(25-26)27-15-10-5-2-6-11-15/h1-13H,(H,22,23,24,25). The molecule has 0 saturated carbocycles. The first kappa shape index (κ1) is 15.3. The van der Waals surface area contributed by atoms with E-state index in [-0.39, 0.29) is 6.01 Å². The van der Waals surface area contributed by atoms with Gasteiger partial charge >= 0.3 is 6.01 Å². The van der Waals surface area contributed by atoms with Crippen LogP contribution in [0.15, 0.2) is 79.0 Å². The van der Waals surface area contributed by atoms with Gasteiger partial charge in [-0.2, -0.15) is 14.5 Å². The number of nitrogens with one attached hydrogen (secondary N) is 1. The van der Waals surface area contributed by atoms with Gasteiger partial charge in [0.15, 0.2) is 5.65 Å². The third-order valence-electron chi connectivity index (χ3n) is 4.01.